The Labute approximate surface area is 162 Å². The number of halogens is 1. The van der Waals surface area contributed by atoms with Gasteiger partial charge >= 0.3 is 0 Å². The Morgan fingerprint density at radius 3 is 2.26 bits per heavy atom. The number of hydrogen-bond acceptors (Lipinski definition) is 5. The highest BCUT2D eigenvalue weighted by molar-refractivity contribution is 6.32. The van der Waals surface area contributed by atoms with Gasteiger partial charge in [0.05, 0.1) is 32.0 Å². The number of benzene rings is 2. The summed E-state index contributed by atoms with van der Waals surface area (Å²) in [6.45, 7) is 1.18. The molecule has 8 heteroatoms. The SMILES string of the molecule is COc1ccc(N(CC(=O)Nc2ccc(OC)c(Cl)c2)C(C)=O)c(OC)c1. The van der Waals surface area contributed by atoms with Crippen molar-refractivity contribution in [2.75, 3.05) is 38.1 Å². The van der Waals surface area contributed by atoms with E-state index in [0.717, 1.165) is 0 Å². The maximum absolute atomic E-state index is 12.4. The number of anilines is 2. The molecule has 0 aromatic heterocycles. The second kappa shape index (κ2) is 9.14. The number of rotatable bonds is 7. The van der Waals surface area contributed by atoms with Crippen LogP contribution in [0.5, 0.6) is 17.2 Å². The lowest BCUT2D eigenvalue weighted by Crippen LogP contribution is -2.36. The van der Waals surface area contributed by atoms with Crippen molar-refractivity contribution in [2.24, 2.45) is 0 Å². The third-order valence-electron chi connectivity index (χ3n) is 3.80. The smallest absolute Gasteiger partial charge is 0.244 e. The summed E-state index contributed by atoms with van der Waals surface area (Å²) < 4.78 is 15.6. The number of carbonyl (C=O) groups is 2. The molecule has 0 bridgehead atoms. The first-order chi connectivity index (χ1) is 12.9. The molecule has 27 heavy (non-hydrogen) atoms. The highest BCUT2D eigenvalue weighted by Gasteiger charge is 2.20. The van der Waals surface area contributed by atoms with Gasteiger partial charge in [-0.25, -0.2) is 0 Å². The van der Waals surface area contributed by atoms with E-state index in [1.807, 2.05) is 0 Å². The largest absolute Gasteiger partial charge is 0.497 e. The lowest BCUT2D eigenvalue weighted by molar-refractivity contribution is -0.120. The molecule has 7 nitrogen and oxygen atoms in total. The van der Waals surface area contributed by atoms with Crippen LogP contribution in [0, 0.1) is 0 Å². The van der Waals surface area contributed by atoms with Gasteiger partial charge in [-0.15, -0.1) is 0 Å². The molecule has 0 saturated heterocycles. The van der Waals surface area contributed by atoms with E-state index in [4.69, 9.17) is 25.8 Å². The Balaban J connectivity index is 2.20. The molecule has 0 aliphatic rings. The van der Waals surface area contributed by atoms with Gasteiger partial charge in [-0.1, -0.05) is 11.6 Å². The van der Waals surface area contributed by atoms with Gasteiger partial charge in [-0.05, 0) is 30.3 Å². The van der Waals surface area contributed by atoms with Crippen LogP contribution in [0.3, 0.4) is 0 Å². The van der Waals surface area contributed by atoms with Crippen molar-refractivity contribution >= 4 is 34.8 Å². The molecule has 0 fully saturated rings. The fraction of sp³-hybridized carbons (Fsp3) is 0.263. The van der Waals surface area contributed by atoms with E-state index in [0.29, 0.717) is 33.6 Å². The standard InChI is InChI=1S/C19H21ClN2O5/c1-12(23)22(16-7-6-14(25-2)10-18(16)27-4)11-19(24)21-13-5-8-17(26-3)15(20)9-13/h5-10H,11H2,1-4H3,(H,21,24). The Bertz CT molecular complexity index is 841. The molecule has 0 radical (unpaired) electrons. The number of nitrogens with one attached hydrogen (secondary N) is 1. The van der Waals surface area contributed by atoms with Crippen molar-refractivity contribution in [1.29, 1.82) is 0 Å². The molecule has 2 amide bonds. The molecule has 0 heterocycles. The summed E-state index contributed by atoms with van der Waals surface area (Å²) in [7, 11) is 4.52. The van der Waals surface area contributed by atoms with Crippen molar-refractivity contribution in [3.63, 3.8) is 0 Å². The summed E-state index contributed by atoms with van der Waals surface area (Å²) in [5.74, 6) is 0.815. The van der Waals surface area contributed by atoms with Crippen LogP contribution in [0.15, 0.2) is 36.4 Å². The molecule has 0 unspecified atom stereocenters. The summed E-state index contributed by atoms with van der Waals surface area (Å²) in [6.07, 6.45) is 0. The zero-order valence-corrected chi connectivity index (χ0v) is 16.3. The van der Waals surface area contributed by atoms with E-state index in [1.54, 1.807) is 36.4 Å². The molecule has 0 spiro atoms. The molecular weight excluding hydrogens is 372 g/mol. The van der Waals surface area contributed by atoms with Crippen LogP contribution in [0.1, 0.15) is 6.92 Å². The van der Waals surface area contributed by atoms with Gasteiger partial charge in [0.1, 0.15) is 23.8 Å². The summed E-state index contributed by atoms with van der Waals surface area (Å²) >= 11 is 6.06. The lowest BCUT2D eigenvalue weighted by atomic mass is 10.2. The Morgan fingerprint density at radius 2 is 1.70 bits per heavy atom. The van der Waals surface area contributed by atoms with Gasteiger partial charge in [0.2, 0.25) is 11.8 Å². The molecule has 2 rings (SSSR count). The van der Waals surface area contributed by atoms with Crippen LogP contribution in [0.4, 0.5) is 11.4 Å². The lowest BCUT2D eigenvalue weighted by Gasteiger charge is -2.23. The Hall–Kier alpha value is -2.93. The average Bonchev–Trinajstić information content (AvgIpc) is 2.65. The molecule has 1 N–H and O–H groups in total. The molecule has 0 atom stereocenters. The number of hydrogen-bond donors (Lipinski definition) is 1. The van der Waals surface area contributed by atoms with E-state index in [9.17, 15) is 9.59 Å². The minimum atomic E-state index is -0.385. The molecule has 0 aliphatic heterocycles. The normalized spacial score (nSPS) is 10.1. The average molecular weight is 393 g/mol. The third kappa shape index (κ3) is 5.04. The predicted molar refractivity (Wildman–Crippen MR) is 104 cm³/mol. The predicted octanol–water partition coefficient (Wildman–Crippen LogP) is 3.36. The quantitative estimate of drug-likeness (QED) is 0.781. The second-order valence-electron chi connectivity index (χ2n) is 5.54. The van der Waals surface area contributed by atoms with Crippen molar-refractivity contribution in [1.82, 2.24) is 0 Å². The maximum atomic E-state index is 12.4. The Morgan fingerprint density at radius 1 is 1.00 bits per heavy atom. The molecule has 0 saturated carbocycles. The fourth-order valence-electron chi connectivity index (χ4n) is 2.46. The van der Waals surface area contributed by atoms with Crippen LogP contribution in [-0.2, 0) is 9.59 Å². The maximum Gasteiger partial charge on any atom is 0.244 e. The van der Waals surface area contributed by atoms with Crippen LogP contribution in [-0.4, -0.2) is 39.7 Å². The first-order valence-electron chi connectivity index (χ1n) is 8.03. The zero-order valence-electron chi connectivity index (χ0n) is 15.5. The number of nitrogens with zero attached hydrogens (tertiary/aromatic N) is 1. The Kier molecular flexibility index (Phi) is 6.90. The van der Waals surface area contributed by atoms with Gasteiger partial charge in [-0.3, -0.25) is 14.5 Å². The van der Waals surface area contributed by atoms with E-state index in [-0.39, 0.29) is 18.4 Å². The van der Waals surface area contributed by atoms with Crippen LogP contribution < -0.4 is 24.4 Å². The van der Waals surface area contributed by atoms with Crippen molar-refractivity contribution in [2.45, 2.75) is 6.92 Å². The van der Waals surface area contributed by atoms with Gasteiger partial charge in [0.15, 0.2) is 0 Å². The highest BCUT2D eigenvalue weighted by Crippen LogP contribution is 2.32. The van der Waals surface area contributed by atoms with Gasteiger partial charge in [-0.2, -0.15) is 0 Å². The summed E-state index contributed by atoms with van der Waals surface area (Å²) in [5.41, 5.74) is 0.963. The highest BCUT2D eigenvalue weighted by atomic mass is 35.5. The van der Waals surface area contributed by atoms with Gasteiger partial charge < -0.3 is 19.5 Å². The molecule has 144 valence electrons. The van der Waals surface area contributed by atoms with Crippen molar-refractivity contribution in [3.05, 3.63) is 41.4 Å². The van der Waals surface area contributed by atoms with E-state index in [2.05, 4.69) is 5.32 Å². The fourth-order valence-corrected chi connectivity index (χ4v) is 2.72. The zero-order chi connectivity index (χ0) is 20.0. The number of carbonyl (C=O) groups excluding carboxylic acids is 2. The van der Waals surface area contributed by atoms with Crippen molar-refractivity contribution < 1.29 is 23.8 Å². The van der Waals surface area contributed by atoms with E-state index >= 15 is 0 Å². The van der Waals surface area contributed by atoms with Crippen molar-refractivity contribution in [3.8, 4) is 17.2 Å². The number of amides is 2. The monoisotopic (exact) mass is 392 g/mol. The summed E-state index contributed by atoms with van der Waals surface area (Å²) in [6, 6.07) is 9.88. The van der Waals surface area contributed by atoms with Crippen LogP contribution >= 0.6 is 11.6 Å². The first-order valence-corrected chi connectivity index (χ1v) is 8.41. The summed E-state index contributed by atoms with van der Waals surface area (Å²) in [5, 5.41) is 3.08. The minimum Gasteiger partial charge on any atom is -0.497 e. The number of ether oxygens (including phenoxy) is 3. The van der Waals surface area contributed by atoms with Crippen LogP contribution in [0.2, 0.25) is 5.02 Å². The minimum absolute atomic E-state index is 0.193. The van der Waals surface area contributed by atoms with Gasteiger partial charge in [0.25, 0.3) is 0 Å². The first kappa shape index (κ1) is 20.4. The third-order valence-corrected chi connectivity index (χ3v) is 4.09. The van der Waals surface area contributed by atoms with Crippen LogP contribution in [0.25, 0.3) is 0 Å². The molecule has 2 aromatic carbocycles. The summed E-state index contributed by atoms with van der Waals surface area (Å²) in [4.78, 5) is 25.9. The van der Waals surface area contributed by atoms with Gasteiger partial charge in [0, 0.05) is 18.7 Å². The number of methoxy groups -OCH3 is 3. The molecule has 0 aliphatic carbocycles. The van der Waals surface area contributed by atoms with E-state index in [1.165, 1.54) is 33.2 Å². The van der Waals surface area contributed by atoms with E-state index < -0.39 is 0 Å². The second-order valence-corrected chi connectivity index (χ2v) is 5.95. The topological polar surface area (TPSA) is 77.1 Å². The molecule has 2 aromatic rings. The molecular formula is C19H21ClN2O5.